The highest BCUT2D eigenvalue weighted by molar-refractivity contribution is 6.34. The SMILES string of the molecule is O=C1Cc2cc([C@H](O)CCl)cc(Cl)c2N1. The van der Waals surface area contributed by atoms with Crippen LogP contribution in [0.1, 0.15) is 17.2 Å². The van der Waals surface area contributed by atoms with E-state index < -0.39 is 6.10 Å². The van der Waals surface area contributed by atoms with Gasteiger partial charge in [-0.2, -0.15) is 0 Å². The van der Waals surface area contributed by atoms with Crippen LogP contribution in [0.2, 0.25) is 5.02 Å². The van der Waals surface area contributed by atoms with Gasteiger partial charge < -0.3 is 10.4 Å². The van der Waals surface area contributed by atoms with E-state index in [2.05, 4.69) is 5.32 Å². The van der Waals surface area contributed by atoms with Crippen LogP contribution in [0.25, 0.3) is 0 Å². The Bertz CT molecular complexity index is 420. The second-order valence-corrected chi connectivity index (χ2v) is 4.15. The Morgan fingerprint density at radius 2 is 2.27 bits per heavy atom. The Kier molecular flexibility index (Phi) is 2.87. The summed E-state index contributed by atoms with van der Waals surface area (Å²) >= 11 is 11.5. The van der Waals surface area contributed by atoms with Gasteiger partial charge in [0.05, 0.1) is 29.1 Å². The Morgan fingerprint density at radius 1 is 1.53 bits per heavy atom. The van der Waals surface area contributed by atoms with Gasteiger partial charge in [0.15, 0.2) is 0 Å². The Balaban J connectivity index is 2.44. The van der Waals surface area contributed by atoms with Crippen LogP contribution in [-0.4, -0.2) is 16.9 Å². The van der Waals surface area contributed by atoms with Crippen LogP contribution >= 0.6 is 23.2 Å². The number of fused-ring (bicyclic) bond motifs is 1. The van der Waals surface area contributed by atoms with Crippen molar-refractivity contribution in [3.05, 3.63) is 28.3 Å². The van der Waals surface area contributed by atoms with Crippen molar-refractivity contribution in [2.75, 3.05) is 11.2 Å². The molecule has 1 aliphatic rings. The van der Waals surface area contributed by atoms with Crippen molar-refractivity contribution < 1.29 is 9.90 Å². The lowest BCUT2D eigenvalue weighted by atomic mass is 10.0. The number of hydrogen-bond donors (Lipinski definition) is 2. The Morgan fingerprint density at radius 3 is 2.93 bits per heavy atom. The number of halogens is 2. The number of alkyl halides is 1. The van der Waals surface area contributed by atoms with E-state index >= 15 is 0 Å². The van der Waals surface area contributed by atoms with E-state index in [0.29, 0.717) is 22.7 Å². The molecule has 0 unspecified atom stereocenters. The van der Waals surface area contributed by atoms with Crippen molar-refractivity contribution in [3.8, 4) is 0 Å². The third-order valence-corrected chi connectivity index (χ3v) is 2.93. The lowest BCUT2D eigenvalue weighted by Crippen LogP contribution is -2.03. The van der Waals surface area contributed by atoms with Crippen LogP contribution < -0.4 is 5.32 Å². The molecule has 1 aromatic carbocycles. The van der Waals surface area contributed by atoms with Gasteiger partial charge >= 0.3 is 0 Å². The summed E-state index contributed by atoms with van der Waals surface area (Å²) in [7, 11) is 0. The molecule has 5 heteroatoms. The summed E-state index contributed by atoms with van der Waals surface area (Å²) in [6, 6.07) is 3.38. The number of rotatable bonds is 2. The van der Waals surface area contributed by atoms with E-state index in [9.17, 15) is 9.90 Å². The van der Waals surface area contributed by atoms with Crippen LogP contribution in [0.4, 0.5) is 5.69 Å². The number of nitrogens with one attached hydrogen (secondary N) is 1. The molecule has 1 aliphatic heterocycles. The average Bonchev–Trinajstić information content (AvgIpc) is 2.58. The van der Waals surface area contributed by atoms with Crippen molar-refractivity contribution >= 4 is 34.8 Å². The molecule has 0 spiro atoms. The second kappa shape index (κ2) is 4.00. The summed E-state index contributed by atoms with van der Waals surface area (Å²) < 4.78 is 0. The van der Waals surface area contributed by atoms with Gasteiger partial charge in [-0.15, -0.1) is 11.6 Å². The Labute approximate surface area is 97.0 Å². The molecule has 1 heterocycles. The molecule has 2 N–H and O–H groups in total. The summed E-state index contributed by atoms with van der Waals surface area (Å²) in [5, 5.41) is 12.7. The zero-order valence-electron chi connectivity index (χ0n) is 7.76. The molecule has 2 rings (SSSR count). The van der Waals surface area contributed by atoms with E-state index in [1.165, 1.54) is 0 Å². The van der Waals surface area contributed by atoms with Crippen molar-refractivity contribution in [3.63, 3.8) is 0 Å². The zero-order chi connectivity index (χ0) is 11.0. The highest BCUT2D eigenvalue weighted by Crippen LogP contribution is 2.34. The molecule has 1 atom stereocenters. The summed E-state index contributed by atoms with van der Waals surface area (Å²) in [5.41, 5.74) is 2.10. The van der Waals surface area contributed by atoms with Gasteiger partial charge in [0.2, 0.25) is 5.91 Å². The van der Waals surface area contributed by atoms with Crippen LogP contribution in [0.15, 0.2) is 12.1 Å². The predicted octanol–water partition coefficient (Wildman–Crippen LogP) is 2.11. The summed E-state index contributed by atoms with van der Waals surface area (Å²) in [6.45, 7) is 0. The van der Waals surface area contributed by atoms with Crippen LogP contribution in [-0.2, 0) is 11.2 Å². The van der Waals surface area contributed by atoms with Crippen molar-refractivity contribution in [1.29, 1.82) is 0 Å². The number of hydrogen-bond acceptors (Lipinski definition) is 2. The molecule has 1 amide bonds. The standard InChI is InChI=1S/C10H9Cl2NO2/c11-4-8(14)5-1-6-3-9(15)13-10(6)7(12)2-5/h1-2,8,14H,3-4H2,(H,13,15)/t8-/m1/s1. The molecule has 15 heavy (non-hydrogen) atoms. The maximum Gasteiger partial charge on any atom is 0.228 e. The summed E-state index contributed by atoms with van der Waals surface area (Å²) in [4.78, 5) is 11.1. The first-order valence-electron chi connectivity index (χ1n) is 4.48. The van der Waals surface area contributed by atoms with Crippen molar-refractivity contribution in [1.82, 2.24) is 0 Å². The first-order valence-corrected chi connectivity index (χ1v) is 5.39. The number of aliphatic hydroxyl groups excluding tert-OH is 1. The normalized spacial score (nSPS) is 16.1. The smallest absolute Gasteiger partial charge is 0.228 e. The van der Waals surface area contributed by atoms with Crippen LogP contribution in [0.3, 0.4) is 0 Å². The molecule has 0 radical (unpaired) electrons. The lowest BCUT2D eigenvalue weighted by molar-refractivity contribution is -0.115. The van der Waals surface area contributed by atoms with Crippen LogP contribution in [0.5, 0.6) is 0 Å². The fraction of sp³-hybridized carbons (Fsp3) is 0.300. The third-order valence-electron chi connectivity index (χ3n) is 2.34. The van der Waals surface area contributed by atoms with Gasteiger partial charge in [0.1, 0.15) is 0 Å². The molecular weight excluding hydrogens is 237 g/mol. The molecule has 3 nitrogen and oxygen atoms in total. The molecule has 80 valence electrons. The van der Waals surface area contributed by atoms with Gasteiger partial charge in [-0.05, 0) is 17.2 Å². The first kappa shape index (κ1) is 10.7. The van der Waals surface area contributed by atoms with Crippen molar-refractivity contribution in [2.45, 2.75) is 12.5 Å². The molecule has 0 fully saturated rings. The summed E-state index contributed by atoms with van der Waals surface area (Å²) in [6.07, 6.45) is -0.442. The topological polar surface area (TPSA) is 49.3 Å². The third kappa shape index (κ3) is 1.95. The number of benzene rings is 1. The fourth-order valence-electron chi connectivity index (χ4n) is 1.60. The molecule has 0 saturated heterocycles. The minimum absolute atomic E-state index is 0.0792. The predicted molar refractivity (Wildman–Crippen MR) is 59.5 cm³/mol. The largest absolute Gasteiger partial charge is 0.387 e. The molecule has 1 aromatic rings. The summed E-state index contributed by atoms with van der Waals surface area (Å²) in [5.74, 6) is 0.0284. The van der Waals surface area contributed by atoms with E-state index in [4.69, 9.17) is 23.2 Å². The van der Waals surface area contributed by atoms with Gasteiger partial charge in [-0.3, -0.25) is 4.79 Å². The van der Waals surface area contributed by atoms with E-state index in [1.807, 2.05) is 0 Å². The van der Waals surface area contributed by atoms with Gasteiger partial charge in [0.25, 0.3) is 0 Å². The highest BCUT2D eigenvalue weighted by Gasteiger charge is 2.22. The van der Waals surface area contributed by atoms with Gasteiger partial charge in [-0.1, -0.05) is 17.7 Å². The number of carbonyl (C=O) groups excluding carboxylic acids is 1. The molecule has 0 aromatic heterocycles. The fourth-order valence-corrected chi connectivity index (χ4v) is 2.08. The minimum Gasteiger partial charge on any atom is -0.387 e. The van der Waals surface area contributed by atoms with Gasteiger partial charge in [0, 0.05) is 0 Å². The second-order valence-electron chi connectivity index (χ2n) is 3.43. The average molecular weight is 246 g/mol. The number of anilines is 1. The minimum atomic E-state index is -0.745. The molecule has 0 bridgehead atoms. The van der Waals surface area contributed by atoms with E-state index in [0.717, 1.165) is 5.56 Å². The van der Waals surface area contributed by atoms with Crippen LogP contribution in [0, 0.1) is 0 Å². The number of carbonyl (C=O) groups is 1. The molecular formula is C10H9Cl2NO2. The lowest BCUT2D eigenvalue weighted by Gasteiger charge is -2.10. The molecule has 0 aliphatic carbocycles. The quantitative estimate of drug-likeness (QED) is 0.785. The first-order chi connectivity index (χ1) is 7.11. The maximum absolute atomic E-state index is 11.1. The van der Waals surface area contributed by atoms with E-state index in [1.54, 1.807) is 12.1 Å². The monoisotopic (exact) mass is 245 g/mol. The van der Waals surface area contributed by atoms with Crippen molar-refractivity contribution in [2.24, 2.45) is 0 Å². The zero-order valence-corrected chi connectivity index (χ0v) is 9.27. The molecule has 0 saturated carbocycles. The number of amides is 1. The Hall–Kier alpha value is -0.770. The number of aliphatic hydroxyl groups is 1. The van der Waals surface area contributed by atoms with E-state index in [-0.39, 0.29) is 11.8 Å². The highest BCUT2D eigenvalue weighted by atomic mass is 35.5. The maximum atomic E-state index is 11.1. The van der Waals surface area contributed by atoms with Gasteiger partial charge in [-0.25, -0.2) is 0 Å².